The fourth-order valence-electron chi connectivity index (χ4n) is 1.95. The first kappa shape index (κ1) is 9.32. The molecule has 0 radical (unpaired) electrons. The third-order valence-corrected chi connectivity index (χ3v) is 3.54. The summed E-state index contributed by atoms with van der Waals surface area (Å²) in [7, 11) is 0. The summed E-state index contributed by atoms with van der Waals surface area (Å²) >= 11 is 6.00. The maximum atomic E-state index is 11.5. The van der Waals surface area contributed by atoms with Gasteiger partial charge in [0, 0.05) is 6.04 Å². The van der Waals surface area contributed by atoms with Crippen LogP contribution in [0.1, 0.15) is 38.5 Å². The van der Waals surface area contributed by atoms with E-state index in [9.17, 15) is 4.79 Å². The molecule has 74 valence electrons. The molecule has 0 saturated heterocycles. The van der Waals surface area contributed by atoms with Crippen molar-refractivity contribution in [2.75, 3.05) is 0 Å². The molecule has 2 aliphatic carbocycles. The molecule has 2 rings (SSSR count). The average Bonchev–Trinajstić information content (AvgIpc) is 2.85. The second kappa shape index (κ2) is 3.87. The van der Waals surface area contributed by atoms with Gasteiger partial charge in [0.2, 0.25) is 5.91 Å². The van der Waals surface area contributed by atoms with Crippen LogP contribution in [-0.2, 0) is 4.79 Å². The molecule has 1 amide bonds. The molecule has 2 saturated carbocycles. The van der Waals surface area contributed by atoms with Gasteiger partial charge >= 0.3 is 0 Å². The van der Waals surface area contributed by atoms with Crippen LogP contribution in [0.3, 0.4) is 0 Å². The standard InChI is InChI=1S/C10H16ClNO/c11-9(7-5-6-7)10(13)12-8-3-1-2-4-8/h7-9H,1-6H2,(H,12,13). The number of halogens is 1. The van der Waals surface area contributed by atoms with Gasteiger partial charge < -0.3 is 5.32 Å². The molecule has 2 aliphatic rings. The third kappa shape index (κ3) is 2.37. The zero-order valence-electron chi connectivity index (χ0n) is 7.76. The minimum atomic E-state index is -0.263. The largest absolute Gasteiger partial charge is 0.352 e. The molecule has 1 N–H and O–H groups in total. The Labute approximate surface area is 84.0 Å². The maximum Gasteiger partial charge on any atom is 0.238 e. The molecule has 0 spiro atoms. The Morgan fingerprint density at radius 3 is 2.38 bits per heavy atom. The molecule has 1 atom stereocenters. The third-order valence-electron chi connectivity index (χ3n) is 2.99. The smallest absolute Gasteiger partial charge is 0.238 e. The highest BCUT2D eigenvalue weighted by atomic mass is 35.5. The molecule has 13 heavy (non-hydrogen) atoms. The Hall–Kier alpha value is -0.240. The van der Waals surface area contributed by atoms with E-state index in [1.807, 2.05) is 0 Å². The van der Waals surface area contributed by atoms with E-state index >= 15 is 0 Å². The van der Waals surface area contributed by atoms with Crippen molar-refractivity contribution >= 4 is 17.5 Å². The minimum Gasteiger partial charge on any atom is -0.352 e. The maximum absolute atomic E-state index is 11.5. The zero-order valence-corrected chi connectivity index (χ0v) is 8.52. The molecular weight excluding hydrogens is 186 g/mol. The van der Waals surface area contributed by atoms with Crippen LogP contribution in [-0.4, -0.2) is 17.3 Å². The number of hydrogen-bond donors (Lipinski definition) is 1. The number of carbonyl (C=O) groups excluding carboxylic acids is 1. The molecule has 0 aromatic carbocycles. The number of amides is 1. The normalized spacial score (nSPS) is 25.9. The molecule has 1 unspecified atom stereocenters. The first-order valence-electron chi connectivity index (χ1n) is 5.22. The van der Waals surface area contributed by atoms with Crippen molar-refractivity contribution in [3.05, 3.63) is 0 Å². The fourth-order valence-corrected chi connectivity index (χ4v) is 2.27. The van der Waals surface area contributed by atoms with E-state index in [-0.39, 0.29) is 11.3 Å². The second-order valence-corrected chi connectivity index (χ2v) is 4.70. The summed E-state index contributed by atoms with van der Waals surface area (Å²) in [4.78, 5) is 11.5. The van der Waals surface area contributed by atoms with Crippen molar-refractivity contribution in [1.29, 1.82) is 0 Å². The SMILES string of the molecule is O=C(NC1CCCC1)C(Cl)C1CC1. The molecule has 0 aliphatic heterocycles. The van der Waals surface area contributed by atoms with E-state index in [2.05, 4.69) is 5.32 Å². The Kier molecular flexibility index (Phi) is 2.77. The van der Waals surface area contributed by atoms with Crippen molar-refractivity contribution in [2.45, 2.75) is 49.9 Å². The predicted octanol–water partition coefficient (Wildman–Crippen LogP) is 2.06. The predicted molar refractivity (Wildman–Crippen MR) is 52.8 cm³/mol. The lowest BCUT2D eigenvalue weighted by atomic mass is 10.2. The van der Waals surface area contributed by atoms with Crippen LogP contribution in [0, 0.1) is 5.92 Å². The topological polar surface area (TPSA) is 29.1 Å². The highest BCUT2D eigenvalue weighted by molar-refractivity contribution is 6.31. The monoisotopic (exact) mass is 201 g/mol. The van der Waals surface area contributed by atoms with E-state index in [0.29, 0.717) is 12.0 Å². The van der Waals surface area contributed by atoms with Gasteiger partial charge in [-0.25, -0.2) is 0 Å². The van der Waals surface area contributed by atoms with Gasteiger partial charge in [0.15, 0.2) is 0 Å². The summed E-state index contributed by atoms with van der Waals surface area (Å²) in [6, 6.07) is 0.410. The van der Waals surface area contributed by atoms with Gasteiger partial charge in [0.1, 0.15) is 5.38 Å². The zero-order chi connectivity index (χ0) is 9.26. The van der Waals surface area contributed by atoms with E-state index in [0.717, 1.165) is 25.7 Å². The van der Waals surface area contributed by atoms with Gasteiger partial charge in [0.05, 0.1) is 0 Å². The number of rotatable bonds is 3. The van der Waals surface area contributed by atoms with Crippen LogP contribution in [0.4, 0.5) is 0 Å². The highest BCUT2D eigenvalue weighted by Gasteiger charge is 2.35. The number of hydrogen-bond acceptors (Lipinski definition) is 1. The lowest BCUT2D eigenvalue weighted by molar-refractivity contribution is -0.121. The lowest BCUT2D eigenvalue weighted by Gasteiger charge is -2.14. The highest BCUT2D eigenvalue weighted by Crippen LogP contribution is 2.35. The molecular formula is C10H16ClNO. The lowest BCUT2D eigenvalue weighted by Crippen LogP contribution is -2.38. The van der Waals surface area contributed by atoms with Crippen molar-refractivity contribution in [2.24, 2.45) is 5.92 Å². The summed E-state index contributed by atoms with van der Waals surface area (Å²) < 4.78 is 0. The summed E-state index contributed by atoms with van der Waals surface area (Å²) in [5.41, 5.74) is 0. The van der Waals surface area contributed by atoms with Gasteiger partial charge in [-0.15, -0.1) is 11.6 Å². The fraction of sp³-hybridized carbons (Fsp3) is 0.900. The molecule has 3 heteroatoms. The number of carbonyl (C=O) groups is 1. The first-order chi connectivity index (χ1) is 6.27. The quantitative estimate of drug-likeness (QED) is 0.696. The van der Waals surface area contributed by atoms with Crippen LogP contribution in [0.2, 0.25) is 0 Å². The van der Waals surface area contributed by atoms with E-state index in [1.165, 1.54) is 12.8 Å². The van der Waals surface area contributed by atoms with Crippen molar-refractivity contribution in [1.82, 2.24) is 5.32 Å². The van der Waals surface area contributed by atoms with Crippen LogP contribution < -0.4 is 5.32 Å². The molecule has 0 aromatic heterocycles. The van der Waals surface area contributed by atoms with Crippen LogP contribution in [0.5, 0.6) is 0 Å². The van der Waals surface area contributed by atoms with Gasteiger partial charge in [-0.3, -0.25) is 4.79 Å². The molecule has 0 bridgehead atoms. The van der Waals surface area contributed by atoms with E-state index < -0.39 is 0 Å². The molecule has 2 nitrogen and oxygen atoms in total. The summed E-state index contributed by atoms with van der Waals surface area (Å²) in [6.45, 7) is 0. The Morgan fingerprint density at radius 2 is 1.85 bits per heavy atom. The van der Waals surface area contributed by atoms with Crippen molar-refractivity contribution in [3.8, 4) is 0 Å². The molecule has 0 aromatic rings. The summed E-state index contributed by atoms with van der Waals surface area (Å²) in [6.07, 6.45) is 7.04. The Morgan fingerprint density at radius 1 is 1.23 bits per heavy atom. The van der Waals surface area contributed by atoms with E-state index in [1.54, 1.807) is 0 Å². The molecule has 0 heterocycles. The first-order valence-corrected chi connectivity index (χ1v) is 5.65. The average molecular weight is 202 g/mol. The van der Waals surface area contributed by atoms with Crippen LogP contribution in [0.25, 0.3) is 0 Å². The van der Waals surface area contributed by atoms with Gasteiger partial charge in [-0.1, -0.05) is 12.8 Å². The van der Waals surface area contributed by atoms with Gasteiger partial charge in [-0.2, -0.15) is 0 Å². The van der Waals surface area contributed by atoms with Crippen LogP contribution >= 0.6 is 11.6 Å². The Bertz CT molecular complexity index is 197. The number of alkyl halides is 1. The van der Waals surface area contributed by atoms with E-state index in [4.69, 9.17) is 11.6 Å². The van der Waals surface area contributed by atoms with Gasteiger partial charge in [-0.05, 0) is 31.6 Å². The van der Waals surface area contributed by atoms with Crippen LogP contribution in [0.15, 0.2) is 0 Å². The van der Waals surface area contributed by atoms with Crippen molar-refractivity contribution < 1.29 is 4.79 Å². The minimum absolute atomic E-state index is 0.0658. The van der Waals surface area contributed by atoms with Gasteiger partial charge in [0.25, 0.3) is 0 Å². The summed E-state index contributed by atoms with van der Waals surface area (Å²) in [5.74, 6) is 0.527. The summed E-state index contributed by atoms with van der Waals surface area (Å²) in [5, 5.41) is 2.77. The second-order valence-electron chi connectivity index (χ2n) is 4.23. The Balaban J connectivity index is 1.76. The number of nitrogens with one attached hydrogen (secondary N) is 1. The molecule has 2 fully saturated rings. The van der Waals surface area contributed by atoms with Crippen molar-refractivity contribution in [3.63, 3.8) is 0 Å².